The Labute approximate surface area is 195 Å². The van der Waals surface area contributed by atoms with Crippen molar-refractivity contribution in [3.05, 3.63) is 87.6 Å². The first kappa shape index (κ1) is 24.4. The molecule has 2 N–H and O–H groups in total. The van der Waals surface area contributed by atoms with E-state index in [-0.39, 0.29) is 23.9 Å². The molecule has 0 saturated carbocycles. The third kappa shape index (κ3) is 5.96. The Morgan fingerprint density at radius 1 is 1.09 bits per heavy atom. The lowest BCUT2D eigenvalue weighted by atomic mass is 9.94. The largest absolute Gasteiger partial charge is 0.481 e. The van der Waals surface area contributed by atoms with Crippen molar-refractivity contribution in [1.29, 1.82) is 0 Å². The molecule has 1 aromatic carbocycles. The van der Waals surface area contributed by atoms with Crippen LogP contribution >= 0.6 is 0 Å². The third-order valence-corrected chi connectivity index (χ3v) is 6.11. The maximum atomic E-state index is 12.6. The summed E-state index contributed by atoms with van der Waals surface area (Å²) in [6, 6.07) is 11.2. The van der Waals surface area contributed by atoms with Gasteiger partial charge in [0.1, 0.15) is 0 Å². The van der Waals surface area contributed by atoms with Gasteiger partial charge in [0.15, 0.2) is 0 Å². The number of pyridine rings is 2. The summed E-state index contributed by atoms with van der Waals surface area (Å²) in [5.74, 6) is -0.707. The zero-order valence-corrected chi connectivity index (χ0v) is 20.0. The van der Waals surface area contributed by atoms with E-state index in [9.17, 15) is 14.7 Å². The van der Waals surface area contributed by atoms with Crippen LogP contribution < -0.4 is 10.9 Å². The number of hydrogen-bond donors (Lipinski definition) is 2. The van der Waals surface area contributed by atoms with Gasteiger partial charge in [0.25, 0.3) is 5.56 Å². The molecule has 0 fully saturated rings. The van der Waals surface area contributed by atoms with Gasteiger partial charge in [-0.2, -0.15) is 0 Å². The average molecular weight is 448 g/mol. The number of carbonyl (C=O) groups is 1. The Bertz CT molecular complexity index is 1160. The first-order valence-electron chi connectivity index (χ1n) is 11.3. The highest BCUT2D eigenvalue weighted by atomic mass is 16.4. The minimum Gasteiger partial charge on any atom is -0.481 e. The Kier molecular flexibility index (Phi) is 7.82. The normalized spacial score (nSPS) is 13.2. The van der Waals surface area contributed by atoms with Crippen LogP contribution in [0.25, 0.3) is 11.1 Å². The number of aromatic nitrogens is 2. The molecule has 0 spiro atoms. The molecule has 2 heterocycles. The maximum Gasteiger partial charge on any atom is 0.305 e. The Morgan fingerprint density at radius 3 is 2.39 bits per heavy atom. The van der Waals surface area contributed by atoms with Crippen molar-refractivity contribution in [2.45, 2.75) is 53.1 Å². The number of benzene rings is 1. The summed E-state index contributed by atoms with van der Waals surface area (Å²) in [7, 11) is 0. The van der Waals surface area contributed by atoms with E-state index in [1.807, 2.05) is 37.5 Å². The van der Waals surface area contributed by atoms with Crippen molar-refractivity contribution in [2.24, 2.45) is 5.92 Å². The van der Waals surface area contributed by atoms with E-state index in [0.717, 1.165) is 33.4 Å². The molecule has 6 heteroatoms. The van der Waals surface area contributed by atoms with Gasteiger partial charge in [-0.1, -0.05) is 32.0 Å². The predicted molar refractivity (Wildman–Crippen MR) is 131 cm³/mol. The van der Waals surface area contributed by atoms with E-state index >= 15 is 0 Å². The SMILES string of the molecule is Cc1ccn([C@H](CN[C@@H](CC(=O)O)c2cncc(-c3c(C)cccc3C)c2)C(C)C)c(=O)c1. The molecule has 0 saturated heterocycles. The zero-order valence-electron chi connectivity index (χ0n) is 20.0. The minimum absolute atomic E-state index is 0.0519. The van der Waals surface area contributed by atoms with E-state index in [4.69, 9.17) is 0 Å². The van der Waals surface area contributed by atoms with Crippen LogP contribution in [0.1, 0.15) is 54.6 Å². The highest BCUT2D eigenvalue weighted by Crippen LogP contribution is 2.29. The fraction of sp³-hybridized carbons (Fsp3) is 0.370. The van der Waals surface area contributed by atoms with E-state index < -0.39 is 12.0 Å². The van der Waals surface area contributed by atoms with Crippen molar-refractivity contribution in [3.8, 4) is 11.1 Å². The molecule has 33 heavy (non-hydrogen) atoms. The van der Waals surface area contributed by atoms with Crippen molar-refractivity contribution >= 4 is 5.97 Å². The second-order valence-corrected chi connectivity index (χ2v) is 9.09. The summed E-state index contributed by atoms with van der Waals surface area (Å²) < 4.78 is 1.73. The van der Waals surface area contributed by atoms with Gasteiger partial charge in [0.2, 0.25) is 0 Å². The van der Waals surface area contributed by atoms with E-state index in [2.05, 4.69) is 50.1 Å². The molecular formula is C27H33N3O3. The highest BCUT2D eigenvalue weighted by molar-refractivity contribution is 5.71. The minimum atomic E-state index is -0.890. The fourth-order valence-electron chi connectivity index (χ4n) is 4.32. The number of rotatable bonds is 9. The summed E-state index contributed by atoms with van der Waals surface area (Å²) in [6.07, 6.45) is 5.28. The summed E-state index contributed by atoms with van der Waals surface area (Å²) in [5, 5.41) is 13.0. The molecule has 3 aromatic rings. The summed E-state index contributed by atoms with van der Waals surface area (Å²) >= 11 is 0. The first-order valence-corrected chi connectivity index (χ1v) is 11.3. The van der Waals surface area contributed by atoms with Crippen LogP contribution in [0.15, 0.2) is 59.8 Å². The van der Waals surface area contributed by atoms with Crippen LogP contribution in [-0.4, -0.2) is 27.2 Å². The lowest BCUT2D eigenvalue weighted by Gasteiger charge is -2.27. The Hall–Kier alpha value is -3.25. The summed E-state index contributed by atoms with van der Waals surface area (Å²) in [5.41, 5.74) is 6.07. The molecule has 0 aliphatic rings. The van der Waals surface area contributed by atoms with E-state index in [1.165, 1.54) is 0 Å². The molecule has 3 rings (SSSR count). The van der Waals surface area contributed by atoms with Crippen molar-refractivity contribution < 1.29 is 9.90 Å². The fourth-order valence-corrected chi connectivity index (χ4v) is 4.32. The standard InChI is InChI=1S/C27H33N3O3/c1-17(2)24(30-10-9-18(3)11-25(30)31)16-29-23(13-26(32)33)21-12-22(15-28-14-21)27-19(4)7-6-8-20(27)5/h6-12,14-15,17,23-24,29H,13,16H2,1-5H3,(H,32,33)/t23-,24+/m0/s1. The smallest absolute Gasteiger partial charge is 0.305 e. The second-order valence-electron chi connectivity index (χ2n) is 9.09. The van der Waals surface area contributed by atoms with Gasteiger partial charge in [0.05, 0.1) is 12.5 Å². The van der Waals surface area contributed by atoms with Gasteiger partial charge in [-0.25, -0.2) is 0 Å². The number of nitrogens with one attached hydrogen (secondary N) is 1. The lowest BCUT2D eigenvalue weighted by molar-refractivity contribution is -0.137. The van der Waals surface area contributed by atoms with Gasteiger partial charge in [-0.3, -0.25) is 14.6 Å². The number of carboxylic acid groups (broad SMARTS) is 1. The summed E-state index contributed by atoms with van der Waals surface area (Å²) in [4.78, 5) is 28.7. The van der Waals surface area contributed by atoms with Gasteiger partial charge in [-0.05, 0) is 66.6 Å². The topological polar surface area (TPSA) is 84.2 Å². The summed E-state index contributed by atoms with van der Waals surface area (Å²) in [6.45, 7) is 10.6. The van der Waals surface area contributed by atoms with Gasteiger partial charge in [-0.15, -0.1) is 0 Å². The van der Waals surface area contributed by atoms with Crippen LogP contribution in [0.3, 0.4) is 0 Å². The van der Waals surface area contributed by atoms with Crippen LogP contribution in [-0.2, 0) is 4.79 Å². The molecule has 174 valence electrons. The maximum absolute atomic E-state index is 12.6. The molecule has 0 unspecified atom stereocenters. The Morgan fingerprint density at radius 2 is 1.79 bits per heavy atom. The quantitative estimate of drug-likeness (QED) is 0.490. The van der Waals surface area contributed by atoms with Gasteiger partial charge in [0, 0.05) is 42.8 Å². The van der Waals surface area contributed by atoms with Gasteiger partial charge < -0.3 is 15.0 Å². The predicted octanol–water partition coefficient (Wildman–Crippen LogP) is 4.84. The van der Waals surface area contributed by atoms with E-state index in [1.54, 1.807) is 16.8 Å². The molecule has 0 amide bonds. The highest BCUT2D eigenvalue weighted by Gasteiger charge is 2.22. The van der Waals surface area contributed by atoms with Crippen molar-refractivity contribution in [3.63, 3.8) is 0 Å². The van der Waals surface area contributed by atoms with Crippen LogP contribution in [0.5, 0.6) is 0 Å². The monoisotopic (exact) mass is 447 g/mol. The number of aliphatic carboxylic acids is 1. The van der Waals surface area contributed by atoms with Crippen LogP contribution in [0.2, 0.25) is 0 Å². The number of hydrogen-bond acceptors (Lipinski definition) is 4. The van der Waals surface area contributed by atoms with Gasteiger partial charge >= 0.3 is 5.97 Å². The molecular weight excluding hydrogens is 414 g/mol. The molecule has 0 aliphatic heterocycles. The molecule has 0 radical (unpaired) electrons. The zero-order chi connectivity index (χ0) is 24.1. The second kappa shape index (κ2) is 10.6. The number of nitrogens with zero attached hydrogens (tertiary/aromatic N) is 2. The molecule has 0 aliphatic carbocycles. The molecule has 2 aromatic heterocycles. The van der Waals surface area contributed by atoms with E-state index in [0.29, 0.717) is 6.54 Å². The Balaban J connectivity index is 1.91. The van der Waals surface area contributed by atoms with Crippen molar-refractivity contribution in [1.82, 2.24) is 14.9 Å². The molecule has 6 nitrogen and oxygen atoms in total. The third-order valence-electron chi connectivity index (χ3n) is 6.11. The molecule has 0 bridgehead atoms. The number of carboxylic acids is 1. The first-order chi connectivity index (χ1) is 15.7. The van der Waals surface area contributed by atoms with Crippen LogP contribution in [0.4, 0.5) is 0 Å². The molecule has 2 atom stereocenters. The number of aryl methyl sites for hydroxylation is 3. The van der Waals surface area contributed by atoms with Crippen LogP contribution in [0, 0.1) is 26.7 Å². The lowest BCUT2D eigenvalue weighted by Crippen LogP contribution is -2.36. The average Bonchev–Trinajstić information content (AvgIpc) is 2.74. The van der Waals surface area contributed by atoms with Crippen molar-refractivity contribution in [2.75, 3.05) is 6.54 Å².